The summed E-state index contributed by atoms with van der Waals surface area (Å²) in [6, 6.07) is 6.20. The van der Waals surface area contributed by atoms with Crippen molar-refractivity contribution in [3.63, 3.8) is 0 Å². The Morgan fingerprint density at radius 3 is 2.12 bits per heavy atom. The van der Waals surface area contributed by atoms with E-state index in [-0.39, 0.29) is 28.2 Å². The maximum Gasteiger partial charge on any atom is 0.446 e. The van der Waals surface area contributed by atoms with E-state index in [1.807, 2.05) is 13.8 Å². The molecule has 144 valence electrons. The number of hydrogen-bond acceptors (Lipinski definition) is 4. The van der Waals surface area contributed by atoms with Crippen molar-refractivity contribution in [1.82, 2.24) is 4.98 Å². The van der Waals surface area contributed by atoms with E-state index >= 15 is 0 Å². The third kappa shape index (κ3) is 5.76. The Labute approximate surface area is 168 Å². The third-order valence-corrected chi connectivity index (χ3v) is 6.71. The first-order valence-electron chi connectivity index (χ1n) is 7.67. The summed E-state index contributed by atoms with van der Waals surface area (Å²) in [6.07, 6.45) is 0.770. The third-order valence-electron chi connectivity index (χ3n) is 4.39. The monoisotopic (exact) mass is 443 g/mol. The van der Waals surface area contributed by atoms with Gasteiger partial charge in [0, 0.05) is 16.2 Å². The van der Waals surface area contributed by atoms with Gasteiger partial charge in [-0.3, -0.25) is 0 Å². The van der Waals surface area contributed by atoms with Gasteiger partial charge in [-0.25, -0.2) is 4.98 Å². The zero-order valence-electron chi connectivity index (χ0n) is 14.3. The van der Waals surface area contributed by atoms with E-state index in [0.29, 0.717) is 15.8 Å². The topological polar surface area (TPSA) is 33.1 Å². The lowest BCUT2D eigenvalue weighted by Gasteiger charge is -2.40. The normalized spacial score (nSPS) is 15.1. The van der Waals surface area contributed by atoms with Gasteiger partial charge < -0.3 is 5.11 Å². The maximum absolute atomic E-state index is 12.4. The molecule has 1 N–H and O–H groups in total. The minimum atomic E-state index is -4.31. The lowest BCUT2D eigenvalue weighted by molar-refractivity contribution is -0.0500. The molecule has 1 atom stereocenters. The number of benzene rings is 1. The second-order valence-corrected chi connectivity index (χ2v) is 10.0. The zero-order chi connectivity index (χ0) is 19.8. The summed E-state index contributed by atoms with van der Waals surface area (Å²) in [7, 11) is 0. The number of alkyl halides is 3. The van der Waals surface area contributed by atoms with Crippen LogP contribution in [0.25, 0.3) is 0 Å². The highest BCUT2D eigenvalue weighted by Crippen LogP contribution is 2.41. The molecule has 0 aliphatic carbocycles. The van der Waals surface area contributed by atoms with E-state index in [9.17, 15) is 18.3 Å². The predicted molar refractivity (Wildman–Crippen MR) is 102 cm³/mol. The molecule has 1 aromatic carbocycles. The first-order valence-corrected chi connectivity index (χ1v) is 10.1. The Morgan fingerprint density at radius 2 is 1.65 bits per heavy atom. The number of hydrogen-bond donors (Lipinski definition) is 1. The van der Waals surface area contributed by atoms with Gasteiger partial charge in [0.15, 0.2) is 4.47 Å². The lowest BCUT2D eigenvalue weighted by atomic mass is 9.70. The van der Waals surface area contributed by atoms with Crippen molar-refractivity contribution < 1.29 is 18.3 Å². The van der Waals surface area contributed by atoms with Crippen LogP contribution in [0, 0.1) is 5.41 Å². The molecule has 0 spiro atoms. The molecule has 0 bridgehead atoms. The van der Waals surface area contributed by atoms with E-state index in [1.165, 1.54) is 23.5 Å². The van der Waals surface area contributed by atoms with Gasteiger partial charge in [-0.15, -0.1) is 11.3 Å². The smallest absolute Gasteiger partial charge is 0.389 e. The van der Waals surface area contributed by atoms with E-state index < -0.39 is 16.5 Å². The van der Waals surface area contributed by atoms with Crippen molar-refractivity contribution in [1.29, 1.82) is 0 Å². The second kappa shape index (κ2) is 7.87. The molecular weight excluding hydrogens is 426 g/mol. The summed E-state index contributed by atoms with van der Waals surface area (Å²) in [5, 5.41) is 11.3. The number of nitrogens with zero attached hydrogens (tertiary/aromatic N) is 1. The van der Waals surface area contributed by atoms with Gasteiger partial charge in [0.1, 0.15) is 5.15 Å². The molecule has 0 saturated heterocycles. The lowest BCUT2D eigenvalue weighted by Crippen LogP contribution is -2.45. The molecule has 0 aliphatic heterocycles. The quantitative estimate of drug-likeness (QED) is 0.508. The molecule has 1 unspecified atom stereocenters. The first kappa shape index (κ1) is 21.8. The summed E-state index contributed by atoms with van der Waals surface area (Å²) >= 11 is 13.0. The molecular formula is C17H18Cl2F3NOS2. The van der Waals surface area contributed by atoms with E-state index in [0.717, 1.165) is 5.56 Å². The van der Waals surface area contributed by atoms with Crippen LogP contribution in [0.15, 0.2) is 29.2 Å². The molecule has 9 heteroatoms. The summed E-state index contributed by atoms with van der Waals surface area (Å²) in [4.78, 5) is 4.78. The van der Waals surface area contributed by atoms with E-state index in [2.05, 4.69) is 4.98 Å². The Balaban J connectivity index is 2.12. The molecule has 0 aliphatic rings. The average molecular weight is 444 g/mol. The first-order chi connectivity index (χ1) is 11.8. The fourth-order valence-corrected chi connectivity index (χ4v) is 4.56. The van der Waals surface area contributed by atoms with Crippen LogP contribution < -0.4 is 0 Å². The van der Waals surface area contributed by atoms with Crippen molar-refractivity contribution in [2.45, 2.75) is 49.6 Å². The fourth-order valence-electron chi connectivity index (χ4n) is 2.48. The fraction of sp³-hybridized carbons (Fsp3) is 0.471. The zero-order valence-corrected chi connectivity index (χ0v) is 17.5. The van der Waals surface area contributed by atoms with Crippen LogP contribution in [0.3, 0.4) is 0 Å². The Kier molecular flexibility index (Phi) is 6.61. The molecule has 2 rings (SSSR count). The van der Waals surface area contributed by atoms with E-state index in [4.69, 9.17) is 23.2 Å². The number of aromatic nitrogens is 1. The highest BCUT2D eigenvalue weighted by atomic mass is 35.5. The highest BCUT2D eigenvalue weighted by Gasteiger charge is 2.40. The largest absolute Gasteiger partial charge is 0.446 e. The number of thiazole rings is 1. The van der Waals surface area contributed by atoms with E-state index in [1.54, 1.807) is 19.1 Å². The number of halogens is 5. The van der Waals surface area contributed by atoms with Gasteiger partial charge in [0.25, 0.3) is 0 Å². The van der Waals surface area contributed by atoms with Crippen molar-refractivity contribution >= 4 is 46.3 Å². The molecule has 26 heavy (non-hydrogen) atoms. The molecule has 0 fully saturated rings. The van der Waals surface area contributed by atoms with Crippen molar-refractivity contribution in [2.24, 2.45) is 5.41 Å². The van der Waals surface area contributed by atoms with Gasteiger partial charge in [-0.2, -0.15) is 13.2 Å². The summed E-state index contributed by atoms with van der Waals surface area (Å²) in [5.74, 6) is 0. The van der Waals surface area contributed by atoms with Crippen molar-refractivity contribution in [3.05, 3.63) is 44.3 Å². The molecule has 1 heterocycles. The van der Waals surface area contributed by atoms with Crippen LogP contribution in [0.5, 0.6) is 0 Å². The van der Waals surface area contributed by atoms with Gasteiger partial charge >= 0.3 is 5.51 Å². The predicted octanol–water partition coefficient (Wildman–Crippen LogP) is 6.62. The van der Waals surface area contributed by atoms with Gasteiger partial charge in [0.05, 0.1) is 5.60 Å². The average Bonchev–Trinajstić information content (AvgIpc) is 2.76. The molecule has 1 aromatic heterocycles. The summed E-state index contributed by atoms with van der Waals surface area (Å²) in [5.41, 5.74) is -5.15. The SMILES string of the molecule is CC(C)(Cc1ccc(SC(F)(F)F)cc1)C(C)(O)Cc1sc(Cl)nc1Cl. The summed E-state index contributed by atoms with van der Waals surface area (Å²) < 4.78 is 37.6. The molecule has 2 aromatic rings. The Hall–Kier alpha value is -0.470. The standard InChI is InChI=1S/C17H18Cl2F3NOS2/c1-15(2,16(3,24)9-12-13(18)23-14(19)25-12)8-10-4-6-11(7-5-10)26-17(20,21)22/h4-7,24H,8-9H2,1-3H3. The Bertz CT molecular complexity index is 758. The molecule has 0 amide bonds. The van der Waals surface area contributed by atoms with Crippen LogP contribution in [-0.2, 0) is 12.8 Å². The minimum absolute atomic E-state index is 0.136. The van der Waals surface area contributed by atoms with Gasteiger partial charge in [-0.05, 0) is 48.2 Å². The maximum atomic E-state index is 12.4. The second-order valence-electron chi connectivity index (χ2n) is 6.88. The minimum Gasteiger partial charge on any atom is -0.389 e. The van der Waals surface area contributed by atoms with Gasteiger partial charge in [0.2, 0.25) is 0 Å². The van der Waals surface area contributed by atoms with Crippen LogP contribution in [0.1, 0.15) is 31.2 Å². The number of aliphatic hydroxyl groups is 1. The molecule has 0 radical (unpaired) electrons. The van der Waals surface area contributed by atoms with Crippen molar-refractivity contribution in [3.8, 4) is 0 Å². The Morgan fingerprint density at radius 1 is 1.08 bits per heavy atom. The number of rotatable bonds is 6. The van der Waals surface area contributed by atoms with Crippen LogP contribution >= 0.6 is 46.3 Å². The van der Waals surface area contributed by atoms with Crippen LogP contribution in [-0.4, -0.2) is 21.2 Å². The number of thioether (sulfide) groups is 1. The summed E-state index contributed by atoms with van der Waals surface area (Å²) in [6.45, 7) is 5.52. The van der Waals surface area contributed by atoms with Crippen LogP contribution in [0.2, 0.25) is 9.62 Å². The van der Waals surface area contributed by atoms with Gasteiger partial charge in [-0.1, -0.05) is 49.2 Å². The molecule has 2 nitrogen and oxygen atoms in total. The van der Waals surface area contributed by atoms with Crippen LogP contribution in [0.4, 0.5) is 13.2 Å². The molecule has 0 saturated carbocycles. The van der Waals surface area contributed by atoms with Crippen molar-refractivity contribution in [2.75, 3.05) is 0 Å². The highest BCUT2D eigenvalue weighted by molar-refractivity contribution is 8.00.